The van der Waals surface area contributed by atoms with Crippen LogP contribution in [0.1, 0.15) is 52.4 Å². The summed E-state index contributed by atoms with van der Waals surface area (Å²) in [6.07, 6.45) is 7.73. The SMILES string of the molecule is CCCCCCCCSP(C)(=O)OCC. The molecule has 0 spiro atoms. The van der Waals surface area contributed by atoms with E-state index < -0.39 is 6.57 Å². The van der Waals surface area contributed by atoms with Gasteiger partial charge in [0.1, 0.15) is 0 Å². The van der Waals surface area contributed by atoms with Crippen molar-refractivity contribution in [1.29, 1.82) is 0 Å². The van der Waals surface area contributed by atoms with E-state index in [9.17, 15) is 4.57 Å². The van der Waals surface area contributed by atoms with Crippen LogP contribution in [0, 0.1) is 0 Å². The minimum absolute atomic E-state index is 0.553. The molecule has 0 heterocycles. The first kappa shape index (κ1) is 15.5. The second kappa shape index (κ2) is 9.74. The molecule has 0 saturated carbocycles. The molecule has 0 aliphatic carbocycles. The molecule has 0 aliphatic heterocycles. The second-order valence-electron chi connectivity index (χ2n) is 3.79. The van der Waals surface area contributed by atoms with Crippen molar-refractivity contribution < 1.29 is 9.09 Å². The molecule has 2 nitrogen and oxygen atoms in total. The average Bonchev–Trinajstić information content (AvgIpc) is 2.16. The molecule has 0 aliphatic rings. The van der Waals surface area contributed by atoms with Gasteiger partial charge in [0.25, 0.3) is 6.57 Å². The van der Waals surface area contributed by atoms with Crippen LogP contribution >= 0.6 is 18.0 Å². The molecule has 0 fully saturated rings. The molecular weight excluding hydrogens is 227 g/mol. The maximum atomic E-state index is 11.7. The Kier molecular flexibility index (Phi) is 10.1. The summed E-state index contributed by atoms with van der Waals surface area (Å²) < 4.78 is 16.9. The van der Waals surface area contributed by atoms with Crippen molar-refractivity contribution in [3.8, 4) is 0 Å². The summed E-state index contributed by atoms with van der Waals surface area (Å²) in [5.74, 6) is 0.972. The molecular formula is C11H25O2PS. The van der Waals surface area contributed by atoms with Gasteiger partial charge in [-0.2, -0.15) is 0 Å². The minimum Gasteiger partial charge on any atom is -0.322 e. The zero-order valence-electron chi connectivity index (χ0n) is 10.3. The topological polar surface area (TPSA) is 26.3 Å². The van der Waals surface area contributed by atoms with Crippen LogP contribution in [-0.2, 0) is 9.09 Å². The van der Waals surface area contributed by atoms with E-state index in [-0.39, 0.29) is 0 Å². The molecule has 0 amide bonds. The quantitative estimate of drug-likeness (QED) is 0.407. The van der Waals surface area contributed by atoms with E-state index >= 15 is 0 Å². The van der Waals surface area contributed by atoms with Crippen LogP contribution in [0.15, 0.2) is 0 Å². The normalized spacial score (nSPS) is 15.1. The molecule has 0 saturated heterocycles. The number of unbranched alkanes of at least 4 members (excludes halogenated alkanes) is 5. The Bertz CT molecular complexity index is 185. The first-order valence-corrected chi connectivity index (χ1v) is 9.65. The summed E-state index contributed by atoms with van der Waals surface area (Å²) in [5, 5.41) is 0. The molecule has 0 bridgehead atoms. The Morgan fingerprint density at radius 3 is 2.27 bits per heavy atom. The van der Waals surface area contributed by atoms with Gasteiger partial charge in [-0.15, -0.1) is 0 Å². The smallest absolute Gasteiger partial charge is 0.254 e. The standard InChI is InChI=1S/C11H25O2PS/c1-4-6-7-8-9-10-11-15-14(3,12)13-5-2/h4-11H2,1-3H3. The average molecular weight is 252 g/mol. The van der Waals surface area contributed by atoms with E-state index in [0.29, 0.717) is 6.61 Å². The van der Waals surface area contributed by atoms with Crippen molar-refractivity contribution >= 4 is 18.0 Å². The Morgan fingerprint density at radius 2 is 1.67 bits per heavy atom. The molecule has 0 N–H and O–H groups in total. The Hall–Kier alpha value is 0.540. The highest BCUT2D eigenvalue weighted by molar-refractivity contribution is 8.56. The van der Waals surface area contributed by atoms with Gasteiger partial charge in [0.05, 0.1) is 6.61 Å². The third kappa shape index (κ3) is 10.8. The third-order valence-corrected chi connectivity index (χ3v) is 6.13. The molecule has 4 heteroatoms. The first-order chi connectivity index (χ1) is 7.12. The first-order valence-electron chi connectivity index (χ1n) is 5.99. The Labute approximate surface area is 98.8 Å². The van der Waals surface area contributed by atoms with E-state index in [0.717, 1.165) is 5.75 Å². The van der Waals surface area contributed by atoms with E-state index in [2.05, 4.69) is 6.92 Å². The summed E-state index contributed by atoms with van der Waals surface area (Å²) in [4.78, 5) is 0. The molecule has 15 heavy (non-hydrogen) atoms. The minimum atomic E-state index is -2.34. The van der Waals surface area contributed by atoms with Crippen LogP contribution in [0.3, 0.4) is 0 Å². The molecule has 1 atom stereocenters. The van der Waals surface area contributed by atoms with Gasteiger partial charge in [-0.25, -0.2) is 0 Å². The molecule has 92 valence electrons. The molecule has 0 aromatic carbocycles. The van der Waals surface area contributed by atoms with Gasteiger partial charge in [-0.3, -0.25) is 4.57 Å². The highest BCUT2D eigenvalue weighted by Crippen LogP contribution is 2.56. The van der Waals surface area contributed by atoms with Crippen molar-refractivity contribution in [3.05, 3.63) is 0 Å². The lowest BCUT2D eigenvalue weighted by Crippen LogP contribution is -1.87. The van der Waals surface area contributed by atoms with Crippen LogP contribution in [0.25, 0.3) is 0 Å². The summed E-state index contributed by atoms with van der Waals surface area (Å²) in [7, 11) is 0. The third-order valence-electron chi connectivity index (χ3n) is 2.19. The van der Waals surface area contributed by atoms with E-state index in [1.54, 1.807) is 6.66 Å². The summed E-state index contributed by atoms with van der Waals surface area (Å²) in [6, 6.07) is 0. The number of hydrogen-bond donors (Lipinski definition) is 0. The number of hydrogen-bond acceptors (Lipinski definition) is 3. The second-order valence-corrected chi connectivity index (χ2v) is 9.02. The van der Waals surface area contributed by atoms with Gasteiger partial charge in [0.2, 0.25) is 0 Å². The van der Waals surface area contributed by atoms with Crippen LogP contribution < -0.4 is 0 Å². The fourth-order valence-corrected chi connectivity index (χ4v) is 4.52. The maximum Gasteiger partial charge on any atom is 0.254 e. The van der Waals surface area contributed by atoms with E-state index in [1.807, 2.05) is 6.92 Å². The largest absolute Gasteiger partial charge is 0.322 e. The van der Waals surface area contributed by atoms with Crippen molar-refractivity contribution in [3.63, 3.8) is 0 Å². The van der Waals surface area contributed by atoms with Gasteiger partial charge in [0, 0.05) is 12.4 Å². The highest BCUT2D eigenvalue weighted by atomic mass is 32.7. The van der Waals surface area contributed by atoms with Crippen LogP contribution in [-0.4, -0.2) is 19.0 Å². The van der Waals surface area contributed by atoms with Gasteiger partial charge < -0.3 is 4.52 Å². The molecule has 0 radical (unpaired) electrons. The fraction of sp³-hybridized carbons (Fsp3) is 1.00. The zero-order valence-corrected chi connectivity index (χ0v) is 12.0. The van der Waals surface area contributed by atoms with Gasteiger partial charge in [0.15, 0.2) is 0 Å². The summed E-state index contributed by atoms with van der Waals surface area (Å²) in [5.41, 5.74) is 0. The van der Waals surface area contributed by atoms with E-state index in [1.165, 1.54) is 49.9 Å². The van der Waals surface area contributed by atoms with Crippen molar-refractivity contribution in [1.82, 2.24) is 0 Å². The predicted octanol–water partition coefficient (Wildman–Crippen LogP) is 4.94. The summed E-state index contributed by atoms with van der Waals surface area (Å²) >= 11 is 1.50. The van der Waals surface area contributed by atoms with Crippen molar-refractivity contribution in [2.75, 3.05) is 19.0 Å². The van der Waals surface area contributed by atoms with Crippen LogP contribution in [0.4, 0.5) is 0 Å². The Morgan fingerprint density at radius 1 is 1.07 bits per heavy atom. The van der Waals surface area contributed by atoms with Crippen LogP contribution in [0.2, 0.25) is 0 Å². The monoisotopic (exact) mass is 252 g/mol. The molecule has 0 aromatic rings. The highest BCUT2D eigenvalue weighted by Gasteiger charge is 2.14. The lowest BCUT2D eigenvalue weighted by atomic mass is 10.1. The molecule has 0 aromatic heterocycles. The van der Waals surface area contributed by atoms with Gasteiger partial charge in [-0.05, 0) is 13.3 Å². The fourth-order valence-electron chi connectivity index (χ4n) is 1.38. The Balaban J connectivity index is 3.26. The predicted molar refractivity (Wildman–Crippen MR) is 71.0 cm³/mol. The number of rotatable bonds is 10. The van der Waals surface area contributed by atoms with Crippen molar-refractivity contribution in [2.24, 2.45) is 0 Å². The van der Waals surface area contributed by atoms with Gasteiger partial charge in [-0.1, -0.05) is 50.4 Å². The summed E-state index contributed by atoms with van der Waals surface area (Å²) in [6.45, 7) is 4.05. The molecule has 0 rings (SSSR count). The lowest BCUT2D eigenvalue weighted by molar-refractivity contribution is 0.350. The van der Waals surface area contributed by atoms with Crippen LogP contribution in [0.5, 0.6) is 0 Å². The maximum absolute atomic E-state index is 11.7. The zero-order chi connectivity index (χ0) is 11.6. The molecule has 1 unspecified atom stereocenters. The lowest BCUT2D eigenvalue weighted by Gasteiger charge is -2.11. The van der Waals surface area contributed by atoms with Crippen molar-refractivity contribution in [2.45, 2.75) is 52.4 Å². The van der Waals surface area contributed by atoms with Gasteiger partial charge >= 0.3 is 0 Å². The van der Waals surface area contributed by atoms with E-state index in [4.69, 9.17) is 4.52 Å².